The van der Waals surface area contributed by atoms with Gasteiger partial charge >= 0.3 is 0 Å². The van der Waals surface area contributed by atoms with E-state index in [-0.39, 0.29) is 17.9 Å². The molecule has 2 atom stereocenters. The molecule has 3 heteroatoms. The summed E-state index contributed by atoms with van der Waals surface area (Å²) in [7, 11) is 3.59. The van der Waals surface area contributed by atoms with Gasteiger partial charge in [0.2, 0.25) is 5.91 Å². The summed E-state index contributed by atoms with van der Waals surface area (Å²) in [5.41, 5.74) is 5.87. The van der Waals surface area contributed by atoms with Gasteiger partial charge in [-0.25, -0.2) is 0 Å². The monoisotopic (exact) mass is 170 g/mol. The summed E-state index contributed by atoms with van der Waals surface area (Å²) in [4.78, 5) is 13.2. The lowest BCUT2D eigenvalue weighted by molar-refractivity contribution is -0.134. The van der Waals surface area contributed by atoms with Crippen molar-refractivity contribution in [1.82, 2.24) is 4.90 Å². The van der Waals surface area contributed by atoms with E-state index in [1.165, 1.54) is 6.42 Å². The van der Waals surface area contributed by atoms with Crippen molar-refractivity contribution in [2.45, 2.75) is 31.7 Å². The smallest absolute Gasteiger partial charge is 0.226 e. The molecule has 1 amide bonds. The second kappa shape index (κ2) is 3.90. The van der Waals surface area contributed by atoms with Crippen molar-refractivity contribution in [3.05, 3.63) is 0 Å². The minimum absolute atomic E-state index is 0.0775. The number of amides is 1. The largest absolute Gasteiger partial charge is 0.349 e. The average molecular weight is 170 g/mol. The van der Waals surface area contributed by atoms with Crippen molar-refractivity contribution >= 4 is 5.91 Å². The number of nitrogens with zero attached hydrogens (tertiary/aromatic N) is 1. The van der Waals surface area contributed by atoms with Gasteiger partial charge < -0.3 is 10.6 Å². The van der Waals surface area contributed by atoms with Crippen LogP contribution in [0.1, 0.15) is 25.7 Å². The molecule has 1 aliphatic rings. The molecule has 0 spiro atoms. The van der Waals surface area contributed by atoms with Gasteiger partial charge in [0, 0.05) is 20.1 Å². The lowest BCUT2D eigenvalue weighted by atomic mass is 9.84. The predicted octanol–water partition coefficient (Wildman–Crippen LogP) is 0.592. The van der Waals surface area contributed by atoms with E-state index in [0.29, 0.717) is 0 Å². The molecular weight excluding hydrogens is 152 g/mol. The number of hydrogen-bond donors (Lipinski definition) is 1. The summed E-state index contributed by atoms with van der Waals surface area (Å²) in [6.45, 7) is 0. The summed E-state index contributed by atoms with van der Waals surface area (Å²) < 4.78 is 0. The number of hydrogen-bond acceptors (Lipinski definition) is 2. The first-order valence-electron chi connectivity index (χ1n) is 4.59. The van der Waals surface area contributed by atoms with Crippen molar-refractivity contribution in [2.75, 3.05) is 14.1 Å². The maximum absolute atomic E-state index is 11.6. The fourth-order valence-corrected chi connectivity index (χ4v) is 1.80. The Balaban J connectivity index is 2.53. The number of carbonyl (C=O) groups excluding carboxylic acids is 1. The number of rotatable bonds is 1. The van der Waals surface area contributed by atoms with Crippen molar-refractivity contribution in [2.24, 2.45) is 11.7 Å². The van der Waals surface area contributed by atoms with E-state index < -0.39 is 0 Å². The molecule has 0 aliphatic heterocycles. The Morgan fingerprint density at radius 2 is 1.92 bits per heavy atom. The number of nitrogens with two attached hydrogens (primary N) is 1. The highest BCUT2D eigenvalue weighted by Crippen LogP contribution is 2.23. The third kappa shape index (κ3) is 1.97. The summed E-state index contributed by atoms with van der Waals surface area (Å²) in [6, 6.07) is 0.0913. The van der Waals surface area contributed by atoms with Gasteiger partial charge in [-0.2, -0.15) is 0 Å². The molecule has 3 nitrogen and oxygen atoms in total. The first kappa shape index (κ1) is 9.52. The predicted molar refractivity (Wildman–Crippen MR) is 48.6 cm³/mol. The van der Waals surface area contributed by atoms with Crippen LogP contribution in [0.2, 0.25) is 0 Å². The highest BCUT2D eigenvalue weighted by atomic mass is 16.2. The highest BCUT2D eigenvalue weighted by molar-refractivity contribution is 5.79. The van der Waals surface area contributed by atoms with Crippen LogP contribution in [0.15, 0.2) is 0 Å². The zero-order chi connectivity index (χ0) is 9.14. The van der Waals surface area contributed by atoms with Crippen molar-refractivity contribution in [1.29, 1.82) is 0 Å². The van der Waals surface area contributed by atoms with Gasteiger partial charge in [0.1, 0.15) is 0 Å². The fraction of sp³-hybridized carbons (Fsp3) is 0.889. The third-order valence-electron chi connectivity index (χ3n) is 2.58. The average Bonchev–Trinajstić information content (AvgIpc) is 2.04. The Morgan fingerprint density at radius 3 is 2.42 bits per heavy atom. The van der Waals surface area contributed by atoms with Crippen LogP contribution >= 0.6 is 0 Å². The van der Waals surface area contributed by atoms with Crippen LogP contribution in [0.3, 0.4) is 0 Å². The first-order valence-corrected chi connectivity index (χ1v) is 4.59. The summed E-state index contributed by atoms with van der Waals surface area (Å²) in [5, 5.41) is 0. The molecular formula is C9H18N2O. The maximum Gasteiger partial charge on any atom is 0.226 e. The molecule has 0 aromatic heterocycles. The summed E-state index contributed by atoms with van der Waals surface area (Å²) in [5.74, 6) is 0.274. The molecule has 0 bridgehead atoms. The lowest BCUT2D eigenvalue weighted by Gasteiger charge is -2.29. The quantitative estimate of drug-likeness (QED) is 0.626. The summed E-state index contributed by atoms with van der Waals surface area (Å²) >= 11 is 0. The molecule has 70 valence electrons. The second-order valence-corrected chi connectivity index (χ2v) is 3.79. The molecule has 1 fully saturated rings. The number of carbonyl (C=O) groups is 1. The molecule has 1 aliphatic carbocycles. The van der Waals surface area contributed by atoms with E-state index in [9.17, 15) is 4.79 Å². The molecule has 0 radical (unpaired) electrons. The van der Waals surface area contributed by atoms with E-state index >= 15 is 0 Å². The van der Waals surface area contributed by atoms with Gasteiger partial charge in [0.25, 0.3) is 0 Å². The van der Waals surface area contributed by atoms with Gasteiger partial charge in [-0.3, -0.25) is 4.79 Å². The normalized spacial score (nSPS) is 29.9. The Kier molecular flexibility index (Phi) is 3.09. The van der Waals surface area contributed by atoms with Crippen LogP contribution < -0.4 is 5.73 Å². The Bertz CT molecular complexity index is 168. The SMILES string of the molecule is CN(C)C(=O)[C@@H]1CCCC[C@@H]1N. The van der Waals surface area contributed by atoms with Crippen LogP contribution in [-0.4, -0.2) is 30.9 Å². The standard InChI is InChI=1S/C9H18N2O/c1-11(2)9(12)7-5-3-4-6-8(7)10/h7-8H,3-6,10H2,1-2H3/t7-,8+/m1/s1. The molecule has 0 unspecified atom stereocenters. The topological polar surface area (TPSA) is 46.3 Å². The van der Waals surface area contributed by atoms with E-state index in [4.69, 9.17) is 5.73 Å². The molecule has 0 aromatic rings. The van der Waals surface area contributed by atoms with E-state index in [1.807, 2.05) is 0 Å². The van der Waals surface area contributed by atoms with Crippen LogP contribution in [0.5, 0.6) is 0 Å². The lowest BCUT2D eigenvalue weighted by Crippen LogP contribution is -2.43. The van der Waals surface area contributed by atoms with Gasteiger partial charge in [-0.05, 0) is 12.8 Å². The first-order chi connectivity index (χ1) is 5.63. The third-order valence-corrected chi connectivity index (χ3v) is 2.58. The molecule has 1 saturated carbocycles. The van der Waals surface area contributed by atoms with Crippen molar-refractivity contribution in [3.8, 4) is 0 Å². The Hall–Kier alpha value is -0.570. The van der Waals surface area contributed by atoms with Crippen LogP contribution in [-0.2, 0) is 4.79 Å². The maximum atomic E-state index is 11.6. The van der Waals surface area contributed by atoms with Gasteiger partial charge in [-0.15, -0.1) is 0 Å². The molecule has 12 heavy (non-hydrogen) atoms. The molecule has 0 saturated heterocycles. The highest BCUT2D eigenvalue weighted by Gasteiger charge is 2.28. The van der Waals surface area contributed by atoms with E-state index in [0.717, 1.165) is 19.3 Å². The van der Waals surface area contributed by atoms with Crippen LogP contribution in [0.4, 0.5) is 0 Å². The van der Waals surface area contributed by atoms with Gasteiger partial charge in [0.15, 0.2) is 0 Å². The van der Waals surface area contributed by atoms with Gasteiger partial charge in [-0.1, -0.05) is 12.8 Å². The van der Waals surface area contributed by atoms with Crippen LogP contribution in [0, 0.1) is 5.92 Å². The minimum atomic E-state index is 0.0775. The van der Waals surface area contributed by atoms with Crippen LogP contribution in [0.25, 0.3) is 0 Å². The minimum Gasteiger partial charge on any atom is -0.349 e. The summed E-state index contributed by atoms with van der Waals surface area (Å²) in [6.07, 6.45) is 4.30. The van der Waals surface area contributed by atoms with E-state index in [1.54, 1.807) is 19.0 Å². The molecule has 0 aromatic carbocycles. The Labute approximate surface area is 73.9 Å². The molecule has 0 heterocycles. The molecule has 2 N–H and O–H groups in total. The Morgan fingerprint density at radius 1 is 1.33 bits per heavy atom. The van der Waals surface area contributed by atoms with Crippen molar-refractivity contribution < 1.29 is 4.79 Å². The molecule has 1 rings (SSSR count). The fourth-order valence-electron chi connectivity index (χ4n) is 1.80. The van der Waals surface area contributed by atoms with E-state index in [2.05, 4.69) is 0 Å². The second-order valence-electron chi connectivity index (χ2n) is 3.79. The zero-order valence-corrected chi connectivity index (χ0v) is 7.92. The van der Waals surface area contributed by atoms with Crippen molar-refractivity contribution in [3.63, 3.8) is 0 Å². The zero-order valence-electron chi connectivity index (χ0n) is 7.92. The van der Waals surface area contributed by atoms with Gasteiger partial charge in [0.05, 0.1) is 5.92 Å².